The van der Waals surface area contributed by atoms with Crippen molar-refractivity contribution in [3.63, 3.8) is 0 Å². The third kappa shape index (κ3) is 1.24. The Morgan fingerprint density at radius 2 is 1.44 bits per heavy atom. The fourth-order valence-electron chi connectivity index (χ4n) is 1.36. The van der Waals surface area contributed by atoms with E-state index in [1.807, 2.05) is 0 Å². The van der Waals surface area contributed by atoms with Gasteiger partial charge in [-0.1, -0.05) is 13.2 Å². The SMILES string of the molecule is C=C[P+]1(C=C)CCCC1. The molecule has 0 bridgehead atoms. The van der Waals surface area contributed by atoms with Gasteiger partial charge in [0.25, 0.3) is 0 Å². The third-order valence-corrected chi connectivity index (χ3v) is 5.88. The molecule has 1 fully saturated rings. The van der Waals surface area contributed by atoms with Crippen molar-refractivity contribution in [2.75, 3.05) is 12.3 Å². The Hall–Kier alpha value is -0.0900. The highest BCUT2D eigenvalue weighted by atomic mass is 31.2. The Morgan fingerprint density at radius 1 is 1.00 bits per heavy atom. The van der Waals surface area contributed by atoms with E-state index >= 15 is 0 Å². The molecule has 0 aliphatic carbocycles. The molecule has 0 spiro atoms. The molecule has 0 radical (unpaired) electrons. The lowest BCUT2D eigenvalue weighted by Gasteiger charge is -2.08. The first-order valence-electron chi connectivity index (χ1n) is 3.47. The van der Waals surface area contributed by atoms with E-state index in [2.05, 4.69) is 24.8 Å². The molecule has 0 aromatic rings. The van der Waals surface area contributed by atoms with Crippen LogP contribution in [0.4, 0.5) is 0 Å². The minimum absolute atomic E-state index is 0.781. The third-order valence-electron chi connectivity index (χ3n) is 2.13. The maximum atomic E-state index is 3.86. The van der Waals surface area contributed by atoms with Gasteiger partial charge in [0.2, 0.25) is 0 Å². The molecule has 1 rings (SSSR count). The summed E-state index contributed by atoms with van der Waals surface area (Å²) in [5.74, 6) is 4.32. The van der Waals surface area contributed by atoms with E-state index in [0.29, 0.717) is 0 Å². The Labute approximate surface area is 58.0 Å². The van der Waals surface area contributed by atoms with E-state index < -0.39 is 7.26 Å². The van der Waals surface area contributed by atoms with Crippen molar-refractivity contribution in [3.8, 4) is 0 Å². The van der Waals surface area contributed by atoms with Crippen LogP contribution >= 0.6 is 7.26 Å². The van der Waals surface area contributed by atoms with Crippen LogP contribution in [0.3, 0.4) is 0 Å². The lowest BCUT2D eigenvalue weighted by molar-refractivity contribution is 0.949. The fourth-order valence-corrected chi connectivity index (χ4v) is 4.09. The minimum atomic E-state index is -0.781. The van der Waals surface area contributed by atoms with Crippen LogP contribution in [0, 0.1) is 0 Å². The largest absolute Gasteiger partial charge is 0.0678 e. The minimum Gasteiger partial charge on any atom is -0.0636 e. The van der Waals surface area contributed by atoms with Crippen LogP contribution in [-0.4, -0.2) is 12.3 Å². The van der Waals surface area contributed by atoms with Crippen molar-refractivity contribution in [2.24, 2.45) is 0 Å². The molecule has 1 heteroatoms. The van der Waals surface area contributed by atoms with E-state index in [-0.39, 0.29) is 0 Å². The van der Waals surface area contributed by atoms with E-state index in [1.54, 1.807) is 0 Å². The predicted molar refractivity (Wildman–Crippen MR) is 46.3 cm³/mol. The molecule has 0 aromatic heterocycles. The summed E-state index contributed by atoms with van der Waals surface area (Å²) in [5.41, 5.74) is 0. The molecular weight excluding hydrogens is 127 g/mol. The summed E-state index contributed by atoms with van der Waals surface area (Å²) in [6.45, 7) is 7.73. The lowest BCUT2D eigenvalue weighted by atomic mass is 10.4. The van der Waals surface area contributed by atoms with Gasteiger partial charge in [0, 0.05) is 0 Å². The second-order valence-corrected chi connectivity index (χ2v) is 6.45. The fraction of sp³-hybridized carbons (Fsp3) is 0.500. The summed E-state index contributed by atoms with van der Waals surface area (Å²) in [6.07, 6.45) is 5.54. The van der Waals surface area contributed by atoms with Crippen LogP contribution in [0.2, 0.25) is 0 Å². The molecule has 0 amide bonds. The first kappa shape index (κ1) is 7.02. The average molecular weight is 141 g/mol. The molecule has 1 aliphatic rings. The van der Waals surface area contributed by atoms with Crippen molar-refractivity contribution in [3.05, 3.63) is 24.8 Å². The molecule has 0 nitrogen and oxygen atoms in total. The quantitative estimate of drug-likeness (QED) is 0.518. The standard InChI is InChI=1S/C8H14P/c1-3-9(4-2)7-5-6-8-9/h3-4H,1-2,5-8H2/q+1. The topological polar surface area (TPSA) is 0 Å². The van der Waals surface area contributed by atoms with Gasteiger partial charge in [-0.2, -0.15) is 0 Å². The summed E-state index contributed by atoms with van der Waals surface area (Å²) in [4.78, 5) is 0. The van der Waals surface area contributed by atoms with Gasteiger partial charge in [-0.05, 0) is 12.8 Å². The van der Waals surface area contributed by atoms with Crippen molar-refractivity contribution in [2.45, 2.75) is 12.8 Å². The first-order valence-corrected chi connectivity index (χ1v) is 5.76. The normalized spacial score (nSPS) is 23.6. The summed E-state index contributed by atoms with van der Waals surface area (Å²) in [7, 11) is -0.781. The highest BCUT2D eigenvalue weighted by Crippen LogP contribution is 2.65. The zero-order valence-electron chi connectivity index (χ0n) is 5.84. The zero-order valence-corrected chi connectivity index (χ0v) is 6.74. The van der Waals surface area contributed by atoms with Gasteiger partial charge >= 0.3 is 0 Å². The molecule has 0 atom stereocenters. The maximum absolute atomic E-state index is 3.86. The smallest absolute Gasteiger partial charge is 0.0636 e. The highest BCUT2D eigenvalue weighted by molar-refractivity contribution is 7.81. The van der Waals surface area contributed by atoms with Crippen molar-refractivity contribution in [1.29, 1.82) is 0 Å². The Bertz CT molecular complexity index is 111. The monoisotopic (exact) mass is 141 g/mol. The van der Waals surface area contributed by atoms with Gasteiger partial charge in [0.05, 0.1) is 31.2 Å². The van der Waals surface area contributed by atoms with Crippen molar-refractivity contribution >= 4 is 7.26 Å². The van der Waals surface area contributed by atoms with Crippen LogP contribution in [0.5, 0.6) is 0 Å². The van der Waals surface area contributed by atoms with Gasteiger partial charge in [-0.25, -0.2) is 0 Å². The van der Waals surface area contributed by atoms with Crippen LogP contribution in [-0.2, 0) is 0 Å². The molecule has 1 aliphatic heterocycles. The van der Waals surface area contributed by atoms with Gasteiger partial charge in [-0.3, -0.25) is 0 Å². The number of rotatable bonds is 2. The van der Waals surface area contributed by atoms with Gasteiger partial charge in [0.1, 0.15) is 0 Å². The van der Waals surface area contributed by atoms with Crippen molar-refractivity contribution in [1.82, 2.24) is 0 Å². The second kappa shape index (κ2) is 2.66. The second-order valence-electron chi connectivity index (χ2n) is 2.62. The summed E-state index contributed by atoms with van der Waals surface area (Å²) >= 11 is 0. The number of hydrogen-bond acceptors (Lipinski definition) is 0. The molecule has 0 aromatic carbocycles. The Kier molecular flexibility index (Phi) is 2.08. The zero-order chi connectivity index (χ0) is 6.74. The van der Waals surface area contributed by atoms with Crippen LogP contribution < -0.4 is 0 Å². The summed E-state index contributed by atoms with van der Waals surface area (Å²) in [6, 6.07) is 0. The van der Waals surface area contributed by atoms with Crippen LogP contribution in [0.1, 0.15) is 12.8 Å². The first-order chi connectivity index (χ1) is 4.33. The van der Waals surface area contributed by atoms with E-state index in [0.717, 1.165) is 0 Å². The maximum Gasteiger partial charge on any atom is 0.0678 e. The molecule has 0 N–H and O–H groups in total. The molecule has 0 saturated carbocycles. The molecule has 1 saturated heterocycles. The van der Waals surface area contributed by atoms with Gasteiger partial charge in [-0.15, -0.1) is 0 Å². The Balaban J connectivity index is 2.66. The summed E-state index contributed by atoms with van der Waals surface area (Å²) in [5, 5.41) is 0. The lowest BCUT2D eigenvalue weighted by Crippen LogP contribution is -1.83. The van der Waals surface area contributed by atoms with Gasteiger partial charge < -0.3 is 0 Å². The van der Waals surface area contributed by atoms with E-state index in [4.69, 9.17) is 0 Å². The molecule has 1 heterocycles. The number of hydrogen-bond donors (Lipinski definition) is 0. The predicted octanol–water partition coefficient (Wildman–Crippen LogP) is 3.08. The average Bonchev–Trinajstić information content (AvgIpc) is 2.36. The van der Waals surface area contributed by atoms with Crippen LogP contribution in [0.15, 0.2) is 24.8 Å². The summed E-state index contributed by atoms with van der Waals surface area (Å²) < 4.78 is 0. The van der Waals surface area contributed by atoms with E-state index in [9.17, 15) is 0 Å². The highest BCUT2D eigenvalue weighted by Gasteiger charge is 2.34. The van der Waals surface area contributed by atoms with Gasteiger partial charge in [0.15, 0.2) is 0 Å². The molecule has 50 valence electrons. The Morgan fingerprint density at radius 3 is 1.67 bits per heavy atom. The molecular formula is C8H14P+. The van der Waals surface area contributed by atoms with Crippen molar-refractivity contribution < 1.29 is 0 Å². The van der Waals surface area contributed by atoms with E-state index in [1.165, 1.54) is 25.2 Å². The van der Waals surface area contributed by atoms with Crippen LogP contribution in [0.25, 0.3) is 0 Å². The molecule has 9 heavy (non-hydrogen) atoms. The molecule has 0 unspecified atom stereocenters.